The largest absolute Gasteiger partial charge is 0.312 e. The van der Waals surface area contributed by atoms with Gasteiger partial charge in [-0.05, 0) is 48.3 Å². The van der Waals surface area contributed by atoms with Crippen molar-refractivity contribution >= 4 is 34.5 Å². The summed E-state index contributed by atoms with van der Waals surface area (Å²) in [7, 11) is 1.92. The van der Waals surface area contributed by atoms with Crippen molar-refractivity contribution in [2.45, 2.75) is 18.9 Å². The summed E-state index contributed by atoms with van der Waals surface area (Å²) >= 11 is 13.8. The molecule has 0 saturated carbocycles. The van der Waals surface area contributed by atoms with Gasteiger partial charge in [-0.2, -0.15) is 11.3 Å². The van der Waals surface area contributed by atoms with Crippen molar-refractivity contribution in [1.82, 2.24) is 10.3 Å². The van der Waals surface area contributed by atoms with Gasteiger partial charge < -0.3 is 5.32 Å². The van der Waals surface area contributed by atoms with E-state index in [9.17, 15) is 0 Å². The van der Waals surface area contributed by atoms with Crippen molar-refractivity contribution in [2.75, 3.05) is 7.05 Å². The Balaban J connectivity index is 2.08. The molecule has 5 heteroatoms. The van der Waals surface area contributed by atoms with Gasteiger partial charge in [-0.3, -0.25) is 4.98 Å². The van der Waals surface area contributed by atoms with Crippen LogP contribution in [0.5, 0.6) is 0 Å². The molecule has 2 aromatic heterocycles. The Morgan fingerprint density at radius 1 is 1.44 bits per heavy atom. The van der Waals surface area contributed by atoms with Crippen molar-refractivity contribution in [1.29, 1.82) is 0 Å². The van der Waals surface area contributed by atoms with Crippen LogP contribution in [0.4, 0.5) is 0 Å². The maximum absolute atomic E-state index is 6.18. The molecule has 18 heavy (non-hydrogen) atoms. The standard InChI is InChI=1S/C13H14Cl2N2S/c1-16-12(3-2-9-4-5-18-8-9)13-11(15)6-10(14)7-17-13/h4-8,12,16H,2-3H2,1H3. The second-order valence-corrected chi connectivity index (χ2v) is 5.66. The summed E-state index contributed by atoms with van der Waals surface area (Å²) in [5.74, 6) is 0. The quantitative estimate of drug-likeness (QED) is 0.888. The van der Waals surface area contributed by atoms with E-state index in [1.165, 1.54) is 5.56 Å². The Hall–Kier alpha value is -0.610. The van der Waals surface area contributed by atoms with Gasteiger partial charge in [-0.25, -0.2) is 0 Å². The van der Waals surface area contributed by atoms with Gasteiger partial charge >= 0.3 is 0 Å². The highest BCUT2D eigenvalue weighted by atomic mass is 35.5. The molecule has 0 aliphatic carbocycles. The van der Waals surface area contributed by atoms with Crippen LogP contribution in [0.3, 0.4) is 0 Å². The fourth-order valence-electron chi connectivity index (χ4n) is 1.85. The Labute approximate surface area is 121 Å². The zero-order chi connectivity index (χ0) is 13.0. The van der Waals surface area contributed by atoms with E-state index < -0.39 is 0 Å². The number of thiophene rings is 1. The molecule has 2 rings (SSSR count). The van der Waals surface area contributed by atoms with Gasteiger partial charge in [0.15, 0.2) is 0 Å². The highest BCUT2D eigenvalue weighted by Gasteiger charge is 2.14. The maximum Gasteiger partial charge on any atom is 0.0760 e. The fourth-order valence-corrected chi connectivity index (χ4v) is 3.06. The Bertz CT molecular complexity index is 500. The number of rotatable bonds is 5. The van der Waals surface area contributed by atoms with Crippen LogP contribution in [0.25, 0.3) is 0 Å². The summed E-state index contributed by atoms with van der Waals surface area (Å²) < 4.78 is 0. The third-order valence-electron chi connectivity index (χ3n) is 2.82. The Kier molecular flexibility index (Phi) is 5.01. The summed E-state index contributed by atoms with van der Waals surface area (Å²) in [6.45, 7) is 0. The van der Waals surface area contributed by atoms with Gasteiger partial charge in [-0.15, -0.1) is 0 Å². The van der Waals surface area contributed by atoms with E-state index in [0.717, 1.165) is 18.5 Å². The summed E-state index contributed by atoms with van der Waals surface area (Å²) in [6, 6.07) is 4.03. The van der Waals surface area contributed by atoms with E-state index in [4.69, 9.17) is 23.2 Å². The molecule has 2 aromatic rings. The topological polar surface area (TPSA) is 24.9 Å². The molecule has 2 nitrogen and oxygen atoms in total. The fraction of sp³-hybridized carbons (Fsp3) is 0.308. The number of halogens is 2. The van der Waals surface area contributed by atoms with Crippen molar-refractivity contribution in [3.63, 3.8) is 0 Å². The van der Waals surface area contributed by atoms with Crippen LogP contribution in [-0.2, 0) is 6.42 Å². The van der Waals surface area contributed by atoms with Crippen LogP contribution < -0.4 is 5.32 Å². The summed E-state index contributed by atoms with van der Waals surface area (Å²) in [5.41, 5.74) is 2.21. The molecule has 0 aliphatic rings. The number of pyridine rings is 1. The van der Waals surface area contributed by atoms with E-state index in [1.807, 2.05) is 7.05 Å². The molecule has 0 amide bonds. The molecule has 0 aliphatic heterocycles. The highest BCUT2D eigenvalue weighted by Crippen LogP contribution is 2.26. The molecule has 0 fully saturated rings. The van der Waals surface area contributed by atoms with E-state index in [-0.39, 0.29) is 6.04 Å². The van der Waals surface area contributed by atoms with E-state index in [0.29, 0.717) is 10.0 Å². The number of hydrogen-bond donors (Lipinski definition) is 1. The summed E-state index contributed by atoms with van der Waals surface area (Å²) in [6.07, 6.45) is 3.61. The SMILES string of the molecule is CNC(CCc1ccsc1)c1ncc(Cl)cc1Cl. The normalized spacial score (nSPS) is 12.6. The minimum absolute atomic E-state index is 0.148. The molecule has 0 spiro atoms. The van der Waals surface area contributed by atoms with Crippen molar-refractivity contribution in [2.24, 2.45) is 0 Å². The van der Waals surface area contributed by atoms with Crippen molar-refractivity contribution in [3.8, 4) is 0 Å². The summed E-state index contributed by atoms with van der Waals surface area (Å²) in [4.78, 5) is 4.33. The minimum Gasteiger partial charge on any atom is -0.312 e. The van der Waals surface area contributed by atoms with Crippen LogP contribution >= 0.6 is 34.5 Å². The van der Waals surface area contributed by atoms with Gasteiger partial charge in [-0.1, -0.05) is 23.2 Å². The second-order valence-electron chi connectivity index (χ2n) is 4.03. The van der Waals surface area contributed by atoms with Crippen LogP contribution in [0.2, 0.25) is 10.0 Å². The van der Waals surface area contributed by atoms with Crippen molar-refractivity contribution in [3.05, 3.63) is 50.4 Å². The first-order valence-corrected chi connectivity index (χ1v) is 7.40. The molecule has 96 valence electrons. The molecule has 2 heterocycles. The lowest BCUT2D eigenvalue weighted by atomic mass is 10.0. The lowest BCUT2D eigenvalue weighted by molar-refractivity contribution is 0.536. The molecule has 1 N–H and O–H groups in total. The zero-order valence-electron chi connectivity index (χ0n) is 9.99. The zero-order valence-corrected chi connectivity index (χ0v) is 12.3. The van der Waals surface area contributed by atoms with Crippen molar-refractivity contribution < 1.29 is 0 Å². The molecule has 0 bridgehead atoms. The third-order valence-corrected chi connectivity index (χ3v) is 4.06. The molecular weight excluding hydrogens is 287 g/mol. The Morgan fingerprint density at radius 2 is 2.28 bits per heavy atom. The molecular formula is C13H14Cl2N2S. The lowest BCUT2D eigenvalue weighted by Crippen LogP contribution is -2.18. The van der Waals surface area contributed by atoms with Gasteiger partial charge in [0.25, 0.3) is 0 Å². The van der Waals surface area contributed by atoms with E-state index in [1.54, 1.807) is 23.6 Å². The number of nitrogens with one attached hydrogen (secondary N) is 1. The van der Waals surface area contributed by atoms with E-state index in [2.05, 4.69) is 27.1 Å². The molecule has 1 unspecified atom stereocenters. The number of aryl methyl sites for hydroxylation is 1. The first-order chi connectivity index (χ1) is 8.70. The van der Waals surface area contributed by atoms with Crippen LogP contribution in [0.1, 0.15) is 23.7 Å². The highest BCUT2D eigenvalue weighted by molar-refractivity contribution is 7.07. The lowest BCUT2D eigenvalue weighted by Gasteiger charge is -2.16. The average molecular weight is 301 g/mol. The molecule has 0 saturated heterocycles. The predicted octanol–water partition coefficient (Wildman–Crippen LogP) is 4.34. The number of aromatic nitrogens is 1. The predicted molar refractivity (Wildman–Crippen MR) is 78.7 cm³/mol. The van der Waals surface area contributed by atoms with Crippen LogP contribution in [-0.4, -0.2) is 12.0 Å². The molecule has 1 atom stereocenters. The number of hydrogen-bond acceptors (Lipinski definition) is 3. The van der Waals surface area contributed by atoms with Gasteiger partial charge in [0.05, 0.1) is 21.8 Å². The molecule has 0 aromatic carbocycles. The van der Waals surface area contributed by atoms with Crippen LogP contribution in [0.15, 0.2) is 29.1 Å². The maximum atomic E-state index is 6.18. The first kappa shape index (κ1) is 13.8. The second kappa shape index (κ2) is 6.53. The monoisotopic (exact) mass is 300 g/mol. The van der Waals surface area contributed by atoms with Gasteiger partial charge in [0, 0.05) is 6.20 Å². The van der Waals surface area contributed by atoms with Crippen LogP contribution in [0, 0.1) is 0 Å². The smallest absolute Gasteiger partial charge is 0.0760 e. The van der Waals surface area contributed by atoms with E-state index >= 15 is 0 Å². The number of nitrogens with zero attached hydrogens (tertiary/aromatic N) is 1. The summed E-state index contributed by atoms with van der Waals surface area (Å²) in [5, 5.41) is 8.70. The third kappa shape index (κ3) is 3.45. The minimum atomic E-state index is 0.148. The first-order valence-electron chi connectivity index (χ1n) is 5.70. The van der Waals surface area contributed by atoms with Gasteiger partial charge in [0.2, 0.25) is 0 Å². The molecule has 0 radical (unpaired) electrons. The average Bonchev–Trinajstić information content (AvgIpc) is 2.85. The van der Waals surface area contributed by atoms with Gasteiger partial charge in [0.1, 0.15) is 0 Å². The Morgan fingerprint density at radius 3 is 2.89 bits per heavy atom.